The number of carbonyl (C=O) groups excluding carboxylic acids is 1. The number of hydrogen-bond acceptors (Lipinski definition) is 4. The molecule has 8 heteroatoms. The summed E-state index contributed by atoms with van der Waals surface area (Å²) in [5.41, 5.74) is 0.359. The lowest BCUT2D eigenvalue weighted by atomic mass is 10.1. The lowest BCUT2D eigenvalue weighted by molar-refractivity contribution is -0.138. The van der Waals surface area contributed by atoms with Gasteiger partial charge in [-0.05, 0) is 24.3 Å². The lowest BCUT2D eigenvalue weighted by Crippen LogP contribution is -2.49. The summed E-state index contributed by atoms with van der Waals surface area (Å²) in [5, 5.41) is 0. The van der Waals surface area contributed by atoms with Crippen LogP contribution >= 0.6 is 0 Å². The van der Waals surface area contributed by atoms with Crippen LogP contribution in [-0.4, -0.2) is 47.0 Å². The van der Waals surface area contributed by atoms with Gasteiger partial charge in [0.05, 0.1) is 28.4 Å². The van der Waals surface area contributed by atoms with Crippen molar-refractivity contribution in [1.82, 2.24) is 14.9 Å². The third-order valence-corrected chi connectivity index (χ3v) is 4.79. The number of piperazine rings is 1. The molecule has 1 aromatic heterocycles. The van der Waals surface area contributed by atoms with Crippen molar-refractivity contribution < 1.29 is 18.0 Å². The Morgan fingerprint density at radius 1 is 0.893 bits per heavy atom. The van der Waals surface area contributed by atoms with Crippen molar-refractivity contribution in [1.29, 1.82) is 0 Å². The van der Waals surface area contributed by atoms with Gasteiger partial charge in [-0.1, -0.05) is 24.3 Å². The number of anilines is 1. The van der Waals surface area contributed by atoms with Crippen LogP contribution in [0.1, 0.15) is 15.9 Å². The van der Waals surface area contributed by atoms with E-state index < -0.39 is 17.6 Å². The maximum atomic E-state index is 13.2. The molecule has 1 aliphatic heterocycles. The molecule has 2 aromatic carbocycles. The minimum Gasteiger partial charge on any atom is -0.352 e. The molecule has 1 fully saturated rings. The van der Waals surface area contributed by atoms with Crippen LogP contribution in [0, 0.1) is 0 Å². The molecule has 0 bridgehead atoms. The molecule has 2 heterocycles. The zero-order chi connectivity index (χ0) is 19.7. The quantitative estimate of drug-likeness (QED) is 0.675. The van der Waals surface area contributed by atoms with Gasteiger partial charge in [0, 0.05) is 26.2 Å². The van der Waals surface area contributed by atoms with Gasteiger partial charge in [0.25, 0.3) is 5.91 Å². The number of halogens is 3. The second kappa shape index (κ2) is 7.10. The number of rotatable bonds is 2. The highest BCUT2D eigenvalue weighted by Crippen LogP contribution is 2.32. The number of aromatic nitrogens is 2. The monoisotopic (exact) mass is 386 g/mol. The molecule has 0 atom stereocenters. The summed E-state index contributed by atoms with van der Waals surface area (Å²) in [7, 11) is 0. The topological polar surface area (TPSA) is 49.3 Å². The summed E-state index contributed by atoms with van der Waals surface area (Å²) >= 11 is 0. The van der Waals surface area contributed by atoms with Gasteiger partial charge in [-0.15, -0.1) is 0 Å². The van der Waals surface area contributed by atoms with Crippen LogP contribution in [0.5, 0.6) is 0 Å². The van der Waals surface area contributed by atoms with Crippen molar-refractivity contribution in [3.8, 4) is 0 Å². The number of carbonyl (C=O) groups is 1. The normalized spacial score (nSPS) is 15.1. The van der Waals surface area contributed by atoms with Gasteiger partial charge in [-0.2, -0.15) is 13.2 Å². The highest BCUT2D eigenvalue weighted by atomic mass is 19.4. The Balaban J connectivity index is 1.49. The Labute approximate surface area is 159 Å². The van der Waals surface area contributed by atoms with Crippen LogP contribution in [0.15, 0.2) is 54.7 Å². The SMILES string of the molecule is O=C(c1ccccc1C(F)(F)F)N1CCN(c2cnc3ccccc3n2)CC1. The molecule has 28 heavy (non-hydrogen) atoms. The first kappa shape index (κ1) is 18.2. The van der Waals surface area contributed by atoms with E-state index in [2.05, 4.69) is 9.97 Å². The third-order valence-electron chi connectivity index (χ3n) is 4.79. The van der Waals surface area contributed by atoms with Gasteiger partial charge in [0.15, 0.2) is 0 Å². The Hall–Kier alpha value is -3.16. The minimum absolute atomic E-state index is 0.311. The second-order valence-corrected chi connectivity index (χ2v) is 6.54. The molecule has 144 valence electrons. The van der Waals surface area contributed by atoms with E-state index in [4.69, 9.17) is 0 Å². The van der Waals surface area contributed by atoms with Crippen LogP contribution in [0.2, 0.25) is 0 Å². The first-order valence-corrected chi connectivity index (χ1v) is 8.86. The highest BCUT2D eigenvalue weighted by molar-refractivity contribution is 5.96. The Kier molecular flexibility index (Phi) is 4.62. The number of amides is 1. The third kappa shape index (κ3) is 3.49. The van der Waals surface area contributed by atoms with E-state index in [0.717, 1.165) is 17.1 Å². The van der Waals surface area contributed by atoms with Crippen LogP contribution in [0.3, 0.4) is 0 Å². The van der Waals surface area contributed by atoms with Gasteiger partial charge >= 0.3 is 6.18 Å². The van der Waals surface area contributed by atoms with Crippen LogP contribution in [0.4, 0.5) is 19.0 Å². The molecule has 0 unspecified atom stereocenters. The average Bonchev–Trinajstić information content (AvgIpc) is 2.72. The maximum Gasteiger partial charge on any atom is 0.417 e. The standard InChI is InChI=1S/C20H17F3N4O/c21-20(22,23)15-6-2-1-5-14(15)19(28)27-11-9-26(10-12-27)18-13-24-16-7-3-4-8-17(16)25-18/h1-8,13H,9-12H2. The summed E-state index contributed by atoms with van der Waals surface area (Å²) in [6, 6.07) is 12.4. The number of benzene rings is 2. The molecule has 0 spiro atoms. The molecule has 0 N–H and O–H groups in total. The number of hydrogen-bond donors (Lipinski definition) is 0. The van der Waals surface area contributed by atoms with Crippen molar-refractivity contribution in [2.24, 2.45) is 0 Å². The molecule has 0 radical (unpaired) electrons. The zero-order valence-electron chi connectivity index (χ0n) is 14.9. The predicted molar refractivity (Wildman–Crippen MR) is 99.1 cm³/mol. The number of para-hydroxylation sites is 2. The Morgan fingerprint density at radius 3 is 2.25 bits per heavy atom. The molecule has 3 aromatic rings. The van der Waals surface area contributed by atoms with E-state index in [0.29, 0.717) is 32.0 Å². The van der Waals surface area contributed by atoms with Gasteiger partial charge in [-0.3, -0.25) is 9.78 Å². The zero-order valence-corrected chi connectivity index (χ0v) is 14.9. The first-order valence-electron chi connectivity index (χ1n) is 8.86. The Bertz CT molecular complexity index is 1010. The summed E-state index contributed by atoms with van der Waals surface area (Å²) in [6.07, 6.45) is -2.88. The van der Waals surface area contributed by atoms with Gasteiger partial charge in [0.1, 0.15) is 5.82 Å². The predicted octanol–water partition coefficient (Wildman–Crippen LogP) is 3.61. The minimum atomic E-state index is -4.56. The number of fused-ring (bicyclic) bond motifs is 1. The summed E-state index contributed by atoms with van der Waals surface area (Å²) < 4.78 is 39.6. The molecule has 0 aliphatic carbocycles. The molecule has 5 nitrogen and oxygen atoms in total. The van der Waals surface area contributed by atoms with Crippen molar-refractivity contribution in [2.45, 2.75) is 6.18 Å². The molecular formula is C20H17F3N4O. The van der Waals surface area contributed by atoms with Gasteiger partial charge in [-0.25, -0.2) is 4.98 Å². The van der Waals surface area contributed by atoms with E-state index in [1.165, 1.54) is 23.1 Å². The molecule has 1 amide bonds. The largest absolute Gasteiger partial charge is 0.417 e. The van der Waals surface area contributed by atoms with E-state index in [1.54, 1.807) is 6.20 Å². The van der Waals surface area contributed by atoms with Crippen molar-refractivity contribution >= 4 is 22.8 Å². The van der Waals surface area contributed by atoms with Crippen LogP contribution < -0.4 is 4.90 Å². The van der Waals surface area contributed by atoms with Gasteiger partial charge < -0.3 is 9.80 Å². The Morgan fingerprint density at radius 2 is 1.54 bits per heavy atom. The van der Waals surface area contributed by atoms with Crippen LogP contribution in [-0.2, 0) is 6.18 Å². The first-order chi connectivity index (χ1) is 13.4. The number of alkyl halides is 3. The van der Waals surface area contributed by atoms with Crippen molar-refractivity contribution in [2.75, 3.05) is 31.1 Å². The summed E-state index contributed by atoms with van der Waals surface area (Å²) in [6.45, 7) is 1.60. The van der Waals surface area contributed by atoms with E-state index in [9.17, 15) is 18.0 Å². The van der Waals surface area contributed by atoms with Crippen molar-refractivity contribution in [3.63, 3.8) is 0 Å². The van der Waals surface area contributed by atoms with E-state index >= 15 is 0 Å². The summed E-state index contributed by atoms with van der Waals surface area (Å²) in [4.78, 5) is 25.1. The molecule has 0 saturated carbocycles. The van der Waals surface area contributed by atoms with Crippen molar-refractivity contribution in [3.05, 3.63) is 65.9 Å². The smallest absolute Gasteiger partial charge is 0.352 e. The fraction of sp³-hybridized carbons (Fsp3) is 0.250. The van der Waals surface area contributed by atoms with E-state index in [1.807, 2.05) is 29.2 Å². The van der Waals surface area contributed by atoms with Crippen LogP contribution in [0.25, 0.3) is 11.0 Å². The average molecular weight is 386 g/mol. The molecule has 4 rings (SSSR count). The number of nitrogens with zero attached hydrogens (tertiary/aromatic N) is 4. The maximum absolute atomic E-state index is 13.2. The van der Waals surface area contributed by atoms with Gasteiger partial charge in [0.2, 0.25) is 0 Å². The second-order valence-electron chi connectivity index (χ2n) is 6.54. The molecule has 1 saturated heterocycles. The van der Waals surface area contributed by atoms with E-state index in [-0.39, 0.29) is 5.56 Å². The fourth-order valence-electron chi connectivity index (χ4n) is 3.33. The fourth-order valence-corrected chi connectivity index (χ4v) is 3.33. The molecule has 1 aliphatic rings. The highest BCUT2D eigenvalue weighted by Gasteiger charge is 2.36. The summed E-state index contributed by atoms with van der Waals surface area (Å²) in [5.74, 6) is 0.0960. The molecular weight excluding hydrogens is 369 g/mol. The lowest BCUT2D eigenvalue weighted by Gasteiger charge is -2.35.